The van der Waals surface area contributed by atoms with Crippen molar-refractivity contribution in [2.45, 2.75) is 27.2 Å². The van der Waals surface area contributed by atoms with Gasteiger partial charge in [0.1, 0.15) is 0 Å². The van der Waals surface area contributed by atoms with E-state index in [1.807, 2.05) is 25.1 Å². The highest BCUT2D eigenvalue weighted by molar-refractivity contribution is 7.20. The Balaban J connectivity index is 1.67. The molecule has 2 N–H and O–H groups in total. The fourth-order valence-electron chi connectivity index (χ4n) is 3.13. The molecule has 7 nitrogen and oxygen atoms in total. The molecule has 0 aliphatic rings. The number of carbonyl (C=O) groups is 1. The summed E-state index contributed by atoms with van der Waals surface area (Å²) in [6.07, 6.45) is 0.905. The van der Waals surface area contributed by atoms with Crippen molar-refractivity contribution in [3.8, 4) is 0 Å². The minimum Gasteiger partial charge on any atom is -0.352 e. The molecule has 31 heavy (non-hydrogen) atoms. The van der Waals surface area contributed by atoms with Gasteiger partial charge in [-0.25, -0.2) is 4.98 Å². The Labute approximate surface area is 188 Å². The van der Waals surface area contributed by atoms with Crippen molar-refractivity contribution in [1.29, 1.82) is 0 Å². The Bertz CT molecular complexity index is 1350. The van der Waals surface area contributed by atoms with Gasteiger partial charge in [-0.15, -0.1) is 5.10 Å². The van der Waals surface area contributed by atoms with E-state index < -0.39 is 0 Å². The van der Waals surface area contributed by atoms with Gasteiger partial charge in [0.2, 0.25) is 10.1 Å². The third-order valence-corrected chi connectivity index (χ3v) is 6.21. The van der Waals surface area contributed by atoms with Crippen molar-refractivity contribution in [1.82, 2.24) is 19.9 Å². The van der Waals surface area contributed by atoms with E-state index >= 15 is 0 Å². The first-order valence-electron chi connectivity index (χ1n) is 9.97. The van der Waals surface area contributed by atoms with Gasteiger partial charge in [-0.1, -0.05) is 42.9 Å². The zero-order valence-electron chi connectivity index (χ0n) is 17.4. The molecule has 0 fully saturated rings. The molecule has 0 saturated carbocycles. The molecular formula is C22H22ClN5O2S. The number of nitrogens with zero attached hydrogens (tertiary/aromatic N) is 3. The molecule has 4 aromatic rings. The Kier molecular flexibility index (Phi) is 5.93. The number of amides is 1. The number of halogens is 1. The monoisotopic (exact) mass is 455 g/mol. The van der Waals surface area contributed by atoms with Crippen LogP contribution in [0, 0.1) is 12.8 Å². The summed E-state index contributed by atoms with van der Waals surface area (Å²) in [6, 6.07) is 10.5. The lowest BCUT2D eigenvalue weighted by molar-refractivity contribution is 0.0952. The van der Waals surface area contributed by atoms with Gasteiger partial charge in [-0.05, 0) is 55.2 Å². The Hall–Kier alpha value is -2.97. The Morgan fingerprint density at radius 3 is 2.84 bits per heavy atom. The molecule has 2 aromatic carbocycles. The van der Waals surface area contributed by atoms with Crippen molar-refractivity contribution in [2.24, 2.45) is 5.92 Å². The van der Waals surface area contributed by atoms with Gasteiger partial charge >= 0.3 is 0 Å². The molecule has 9 heteroatoms. The van der Waals surface area contributed by atoms with Crippen LogP contribution in [0.4, 0.5) is 10.8 Å². The summed E-state index contributed by atoms with van der Waals surface area (Å²) in [7, 11) is 0. The van der Waals surface area contributed by atoms with E-state index in [4.69, 9.17) is 11.6 Å². The Morgan fingerprint density at radius 2 is 2.06 bits per heavy atom. The van der Waals surface area contributed by atoms with E-state index in [0.717, 1.165) is 17.7 Å². The maximum Gasteiger partial charge on any atom is 0.283 e. The van der Waals surface area contributed by atoms with E-state index in [1.54, 1.807) is 18.2 Å². The molecule has 160 valence electrons. The van der Waals surface area contributed by atoms with Crippen LogP contribution < -0.4 is 16.2 Å². The number of carbonyl (C=O) groups excluding carboxylic acids is 1. The van der Waals surface area contributed by atoms with Gasteiger partial charge in [0.05, 0.1) is 10.9 Å². The maximum atomic E-state index is 12.9. The van der Waals surface area contributed by atoms with Crippen LogP contribution in [0.1, 0.15) is 36.2 Å². The topological polar surface area (TPSA) is 88.4 Å². The average Bonchev–Trinajstić information content (AvgIpc) is 3.13. The number of benzene rings is 2. The van der Waals surface area contributed by atoms with Crippen molar-refractivity contribution in [3.63, 3.8) is 0 Å². The zero-order valence-corrected chi connectivity index (χ0v) is 19.0. The highest BCUT2D eigenvalue weighted by Crippen LogP contribution is 2.28. The summed E-state index contributed by atoms with van der Waals surface area (Å²) in [5.41, 5.74) is 2.37. The SMILES string of the molecule is Cc1c(Cl)cccc1Nc1nn2c(=O)c3ccc(C(=O)NCCC(C)C)cc3nc2s1. The van der Waals surface area contributed by atoms with Crippen LogP contribution in [-0.4, -0.2) is 27.0 Å². The molecule has 0 bridgehead atoms. The van der Waals surface area contributed by atoms with Crippen molar-refractivity contribution >= 4 is 55.5 Å². The van der Waals surface area contributed by atoms with Crippen molar-refractivity contribution in [3.05, 3.63) is 62.9 Å². The third-order valence-electron chi connectivity index (χ3n) is 4.98. The largest absolute Gasteiger partial charge is 0.352 e. The standard InChI is InChI=1S/C22H22ClN5O2S/c1-12(2)9-10-24-19(29)14-7-8-15-18(11-14)26-22-28(20(15)30)27-21(31-22)25-17-6-4-5-16(23)13(17)3/h4-8,11-12H,9-10H2,1-3H3,(H,24,29)(H,25,27). The smallest absolute Gasteiger partial charge is 0.283 e. The molecule has 0 radical (unpaired) electrons. The summed E-state index contributed by atoms with van der Waals surface area (Å²) in [4.78, 5) is 30.4. The van der Waals surface area contributed by atoms with Crippen LogP contribution in [0.3, 0.4) is 0 Å². The quantitative estimate of drug-likeness (QED) is 0.436. The second-order valence-corrected chi connectivity index (χ2v) is 9.09. The summed E-state index contributed by atoms with van der Waals surface area (Å²) in [5, 5.41) is 12.1. The van der Waals surface area contributed by atoms with Gasteiger partial charge in [0.25, 0.3) is 11.5 Å². The third kappa shape index (κ3) is 4.40. The van der Waals surface area contributed by atoms with Crippen molar-refractivity contribution in [2.75, 3.05) is 11.9 Å². The molecule has 4 rings (SSSR count). The lowest BCUT2D eigenvalue weighted by Crippen LogP contribution is -2.25. The number of hydrogen-bond donors (Lipinski definition) is 2. The number of hydrogen-bond acceptors (Lipinski definition) is 6. The summed E-state index contributed by atoms with van der Waals surface area (Å²) >= 11 is 7.44. The van der Waals surface area contributed by atoms with Crippen LogP contribution >= 0.6 is 22.9 Å². The zero-order chi connectivity index (χ0) is 22.1. The molecule has 0 spiro atoms. The number of nitrogens with one attached hydrogen (secondary N) is 2. The van der Waals surface area contributed by atoms with E-state index in [1.165, 1.54) is 15.9 Å². The number of anilines is 2. The molecule has 0 aliphatic heterocycles. The molecular weight excluding hydrogens is 434 g/mol. The molecule has 2 aromatic heterocycles. The minimum atomic E-state index is -0.279. The van der Waals surface area contributed by atoms with Crippen LogP contribution in [-0.2, 0) is 0 Å². The van der Waals surface area contributed by atoms with Crippen LogP contribution in [0.5, 0.6) is 0 Å². The highest BCUT2D eigenvalue weighted by atomic mass is 35.5. The highest BCUT2D eigenvalue weighted by Gasteiger charge is 2.14. The maximum absolute atomic E-state index is 12.9. The Morgan fingerprint density at radius 1 is 1.26 bits per heavy atom. The molecule has 1 amide bonds. The van der Waals surface area contributed by atoms with Gasteiger partial charge in [-0.2, -0.15) is 4.52 Å². The second kappa shape index (κ2) is 8.64. The van der Waals surface area contributed by atoms with Gasteiger partial charge in [-0.3, -0.25) is 9.59 Å². The molecule has 2 heterocycles. The first-order valence-corrected chi connectivity index (χ1v) is 11.2. The number of fused-ring (bicyclic) bond motifs is 2. The van der Waals surface area contributed by atoms with E-state index in [0.29, 0.717) is 44.0 Å². The summed E-state index contributed by atoms with van der Waals surface area (Å²) < 4.78 is 1.28. The molecule has 0 atom stereocenters. The van der Waals surface area contributed by atoms with E-state index in [-0.39, 0.29) is 11.5 Å². The predicted molar refractivity (Wildman–Crippen MR) is 126 cm³/mol. The van der Waals surface area contributed by atoms with E-state index in [9.17, 15) is 9.59 Å². The fourth-order valence-corrected chi connectivity index (χ4v) is 4.12. The number of rotatable bonds is 6. The van der Waals surface area contributed by atoms with Gasteiger partial charge in [0, 0.05) is 22.8 Å². The van der Waals surface area contributed by atoms with E-state index in [2.05, 4.69) is 34.6 Å². The summed E-state index contributed by atoms with van der Waals surface area (Å²) in [6.45, 7) is 6.73. The molecule has 0 aliphatic carbocycles. The lowest BCUT2D eigenvalue weighted by Gasteiger charge is -2.07. The fraction of sp³-hybridized carbons (Fsp3) is 0.273. The van der Waals surface area contributed by atoms with Crippen LogP contribution in [0.2, 0.25) is 5.02 Å². The minimum absolute atomic E-state index is 0.173. The lowest BCUT2D eigenvalue weighted by atomic mass is 10.1. The van der Waals surface area contributed by atoms with Crippen LogP contribution in [0.25, 0.3) is 15.9 Å². The van der Waals surface area contributed by atoms with Gasteiger partial charge in [0.15, 0.2) is 0 Å². The second-order valence-electron chi connectivity index (χ2n) is 7.73. The van der Waals surface area contributed by atoms with Gasteiger partial charge < -0.3 is 10.6 Å². The number of aromatic nitrogens is 3. The first-order chi connectivity index (χ1) is 14.8. The average molecular weight is 456 g/mol. The molecule has 0 saturated heterocycles. The van der Waals surface area contributed by atoms with Crippen molar-refractivity contribution < 1.29 is 4.79 Å². The normalized spacial score (nSPS) is 11.4. The first kappa shape index (κ1) is 21.3. The molecule has 0 unspecified atom stereocenters. The van der Waals surface area contributed by atoms with Crippen LogP contribution in [0.15, 0.2) is 41.2 Å². The predicted octanol–water partition coefficient (Wildman–Crippen LogP) is 4.79. The summed E-state index contributed by atoms with van der Waals surface area (Å²) in [5.74, 6) is 0.337.